The fourth-order valence-electron chi connectivity index (χ4n) is 1.26. The molecule has 0 atom stereocenters. The molecule has 0 spiro atoms. The summed E-state index contributed by atoms with van der Waals surface area (Å²) in [5.74, 6) is 0.0250. The summed E-state index contributed by atoms with van der Waals surface area (Å²) in [5.41, 5.74) is 5.20. The number of nitrogen functional groups attached to an aromatic ring is 1. The molecule has 98 valence electrons. The molecule has 0 saturated carbocycles. The van der Waals surface area contributed by atoms with E-state index in [-0.39, 0.29) is 23.3 Å². The zero-order chi connectivity index (χ0) is 14.0. The Morgan fingerprint density at radius 1 is 1.47 bits per heavy atom. The highest BCUT2D eigenvalue weighted by molar-refractivity contribution is 9.10. The van der Waals surface area contributed by atoms with Gasteiger partial charge in [0.05, 0.1) is 15.6 Å². The average molecular weight is 346 g/mol. The van der Waals surface area contributed by atoms with Crippen molar-refractivity contribution in [2.45, 2.75) is 0 Å². The third-order valence-corrected chi connectivity index (χ3v) is 2.83. The van der Waals surface area contributed by atoms with E-state index in [2.05, 4.69) is 25.9 Å². The molecule has 0 amide bonds. The monoisotopic (exact) mass is 344 g/mol. The molecule has 0 radical (unpaired) electrons. The molecule has 0 saturated heterocycles. The quantitative estimate of drug-likeness (QED) is 0.676. The summed E-state index contributed by atoms with van der Waals surface area (Å²) in [5, 5.41) is 11.2. The highest BCUT2D eigenvalue weighted by Gasteiger charge is 2.18. The molecule has 2 N–H and O–H groups in total. The number of halogens is 2. The molecule has 0 aliphatic heterocycles. The second-order valence-corrected chi connectivity index (χ2v) is 4.64. The lowest BCUT2D eigenvalue weighted by atomic mass is 10.3. The minimum Gasteiger partial charge on any atom is -0.430 e. The van der Waals surface area contributed by atoms with Crippen LogP contribution in [0.1, 0.15) is 0 Å². The molecule has 0 aliphatic rings. The number of rotatable bonds is 3. The van der Waals surface area contributed by atoms with Crippen molar-refractivity contribution in [3.8, 4) is 11.6 Å². The fraction of sp³-hybridized carbons (Fsp3) is 0. The van der Waals surface area contributed by atoms with Crippen LogP contribution in [-0.2, 0) is 0 Å². The number of ether oxygens (including phenoxy) is 1. The van der Waals surface area contributed by atoms with Gasteiger partial charge >= 0.3 is 5.69 Å². The molecule has 0 bridgehead atoms. The molecule has 1 heterocycles. The number of benzene rings is 1. The summed E-state index contributed by atoms with van der Waals surface area (Å²) < 4.78 is 5.77. The third-order valence-electron chi connectivity index (χ3n) is 2.06. The number of nitro benzene ring substituents is 1. The van der Waals surface area contributed by atoms with Gasteiger partial charge in [0.2, 0.25) is 17.6 Å². The molecule has 1 aromatic carbocycles. The number of nitrogens with zero attached hydrogens (tertiary/aromatic N) is 3. The van der Waals surface area contributed by atoms with Crippen LogP contribution in [0.4, 0.5) is 11.6 Å². The molecule has 1 aromatic heterocycles. The molecule has 7 nitrogen and oxygen atoms in total. The topological polar surface area (TPSA) is 104 Å². The first-order valence-corrected chi connectivity index (χ1v) is 6.04. The van der Waals surface area contributed by atoms with E-state index in [9.17, 15) is 10.1 Å². The Bertz CT molecular complexity index is 653. The fourth-order valence-corrected chi connectivity index (χ4v) is 1.69. The summed E-state index contributed by atoms with van der Waals surface area (Å²) in [7, 11) is 0. The predicted octanol–water partition coefficient (Wildman–Crippen LogP) is 3.18. The van der Waals surface area contributed by atoms with Crippen LogP contribution in [0.3, 0.4) is 0 Å². The number of hydrogen-bond acceptors (Lipinski definition) is 6. The molecule has 0 unspecified atom stereocenters. The Balaban J connectivity index is 2.45. The number of aromatic nitrogens is 2. The standard InChI is InChI=1S/C10H6BrClN4O3/c11-6-4-14-10(13)15-9(6)19-8-3-5(12)1-2-7(8)16(17)18/h1-4H,(H2,13,14,15). The van der Waals surface area contributed by atoms with Crippen LogP contribution in [0, 0.1) is 10.1 Å². The number of hydrogen-bond donors (Lipinski definition) is 1. The van der Waals surface area contributed by atoms with E-state index in [0.717, 1.165) is 0 Å². The van der Waals surface area contributed by atoms with Crippen LogP contribution in [-0.4, -0.2) is 14.9 Å². The molecule has 9 heteroatoms. The van der Waals surface area contributed by atoms with Gasteiger partial charge in [-0.05, 0) is 22.0 Å². The largest absolute Gasteiger partial charge is 0.430 e. The lowest BCUT2D eigenvalue weighted by molar-refractivity contribution is -0.385. The molecule has 2 rings (SSSR count). The Morgan fingerprint density at radius 3 is 2.89 bits per heavy atom. The van der Waals surface area contributed by atoms with E-state index in [1.54, 1.807) is 0 Å². The Labute approximate surface area is 120 Å². The second-order valence-electron chi connectivity index (χ2n) is 3.35. The Kier molecular flexibility index (Phi) is 3.82. The summed E-state index contributed by atoms with van der Waals surface area (Å²) in [6, 6.07) is 3.97. The summed E-state index contributed by atoms with van der Waals surface area (Å²) >= 11 is 8.95. The zero-order valence-electron chi connectivity index (χ0n) is 9.21. The van der Waals surface area contributed by atoms with E-state index in [4.69, 9.17) is 22.1 Å². The van der Waals surface area contributed by atoms with Crippen LogP contribution in [0.15, 0.2) is 28.9 Å². The van der Waals surface area contributed by atoms with Crippen molar-refractivity contribution in [3.05, 3.63) is 44.0 Å². The van der Waals surface area contributed by atoms with Gasteiger partial charge in [0.1, 0.15) is 0 Å². The van der Waals surface area contributed by atoms with Crippen molar-refractivity contribution in [2.75, 3.05) is 5.73 Å². The number of nitrogens with two attached hydrogens (primary N) is 1. The van der Waals surface area contributed by atoms with Crippen LogP contribution < -0.4 is 10.5 Å². The molecule has 0 aliphatic carbocycles. The predicted molar refractivity (Wildman–Crippen MR) is 72.3 cm³/mol. The Hall–Kier alpha value is -1.93. The van der Waals surface area contributed by atoms with Gasteiger partial charge in [-0.15, -0.1) is 0 Å². The van der Waals surface area contributed by atoms with E-state index >= 15 is 0 Å². The molecule has 19 heavy (non-hydrogen) atoms. The van der Waals surface area contributed by atoms with Crippen LogP contribution in [0.25, 0.3) is 0 Å². The first-order chi connectivity index (χ1) is 8.97. The smallest absolute Gasteiger partial charge is 0.311 e. The first-order valence-electron chi connectivity index (χ1n) is 4.87. The Morgan fingerprint density at radius 2 is 2.21 bits per heavy atom. The number of anilines is 1. The molecule has 0 fully saturated rings. The summed E-state index contributed by atoms with van der Waals surface area (Å²) in [6.07, 6.45) is 1.38. The van der Waals surface area contributed by atoms with E-state index in [1.165, 1.54) is 24.4 Å². The van der Waals surface area contributed by atoms with Gasteiger partial charge in [0, 0.05) is 17.2 Å². The van der Waals surface area contributed by atoms with Crippen LogP contribution >= 0.6 is 27.5 Å². The average Bonchev–Trinajstić information content (AvgIpc) is 2.33. The van der Waals surface area contributed by atoms with Gasteiger partial charge in [-0.3, -0.25) is 10.1 Å². The minimum atomic E-state index is -0.579. The van der Waals surface area contributed by atoms with Gasteiger partial charge in [-0.2, -0.15) is 4.98 Å². The molecule has 2 aromatic rings. The van der Waals surface area contributed by atoms with Gasteiger partial charge in [-0.1, -0.05) is 11.6 Å². The molecular formula is C10H6BrClN4O3. The highest BCUT2D eigenvalue weighted by Crippen LogP contribution is 2.35. The van der Waals surface area contributed by atoms with Crippen molar-refractivity contribution in [1.82, 2.24) is 9.97 Å². The van der Waals surface area contributed by atoms with Crippen molar-refractivity contribution in [3.63, 3.8) is 0 Å². The van der Waals surface area contributed by atoms with Crippen molar-refractivity contribution >= 4 is 39.2 Å². The highest BCUT2D eigenvalue weighted by atomic mass is 79.9. The zero-order valence-corrected chi connectivity index (χ0v) is 11.6. The molecular weight excluding hydrogens is 339 g/mol. The summed E-state index contributed by atoms with van der Waals surface area (Å²) in [4.78, 5) is 17.9. The van der Waals surface area contributed by atoms with E-state index < -0.39 is 4.92 Å². The van der Waals surface area contributed by atoms with Crippen LogP contribution in [0.2, 0.25) is 5.02 Å². The maximum absolute atomic E-state index is 10.9. The first kappa shape index (κ1) is 13.5. The number of nitro groups is 1. The lowest BCUT2D eigenvalue weighted by Crippen LogP contribution is -1.99. The van der Waals surface area contributed by atoms with E-state index in [0.29, 0.717) is 9.50 Å². The van der Waals surface area contributed by atoms with E-state index in [1.807, 2.05) is 0 Å². The maximum atomic E-state index is 10.9. The van der Waals surface area contributed by atoms with Gasteiger partial charge in [0.25, 0.3) is 0 Å². The van der Waals surface area contributed by atoms with Crippen molar-refractivity contribution in [1.29, 1.82) is 0 Å². The van der Waals surface area contributed by atoms with Gasteiger partial charge < -0.3 is 10.5 Å². The SMILES string of the molecule is Nc1ncc(Br)c(Oc2cc(Cl)ccc2[N+](=O)[O-])n1. The second kappa shape index (κ2) is 5.37. The third kappa shape index (κ3) is 3.09. The van der Waals surface area contributed by atoms with Crippen molar-refractivity contribution in [2.24, 2.45) is 0 Å². The summed E-state index contributed by atoms with van der Waals surface area (Å²) in [6.45, 7) is 0. The van der Waals surface area contributed by atoms with Gasteiger partial charge in [-0.25, -0.2) is 4.98 Å². The normalized spacial score (nSPS) is 10.2. The van der Waals surface area contributed by atoms with Crippen LogP contribution in [0.5, 0.6) is 11.6 Å². The lowest BCUT2D eigenvalue weighted by Gasteiger charge is -2.07. The van der Waals surface area contributed by atoms with Crippen molar-refractivity contribution < 1.29 is 9.66 Å². The maximum Gasteiger partial charge on any atom is 0.311 e. The minimum absolute atomic E-state index is 0.0112. The van der Waals surface area contributed by atoms with Gasteiger partial charge in [0.15, 0.2) is 0 Å².